The number of carbonyl (C=O) groups excluding carboxylic acids is 4. The number of methoxy groups -OCH3 is 1. The minimum atomic E-state index is -1.34. The Labute approximate surface area is 187 Å². The van der Waals surface area contributed by atoms with E-state index in [1.165, 1.54) is 6.07 Å². The Morgan fingerprint density at radius 3 is 2.48 bits per heavy atom. The number of nitrogens with zero attached hydrogens (tertiary/aromatic N) is 2. The van der Waals surface area contributed by atoms with E-state index in [1.807, 2.05) is 0 Å². The highest BCUT2D eigenvalue weighted by molar-refractivity contribution is 6.08. The van der Waals surface area contributed by atoms with Crippen LogP contribution >= 0.6 is 0 Å². The molecule has 12 heteroatoms. The van der Waals surface area contributed by atoms with Crippen LogP contribution in [-0.4, -0.2) is 47.5 Å². The number of hydrazine groups is 1. The summed E-state index contributed by atoms with van der Waals surface area (Å²) in [5, 5.41) is 14.5. The van der Waals surface area contributed by atoms with Crippen LogP contribution in [0, 0.1) is 10.1 Å². The molecule has 0 radical (unpaired) electrons. The highest BCUT2D eigenvalue weighted by atomic mass is 16.6. The molecule has 1 unspecified atom stereocenters. The minimum absolute atomic E-state index is 0.0721. The smallest absolute Gasteiger partial charge is 0.344 e. The normalized spacial score (nSPS) is 17.3. The third kappa shape index (κ3) is 4.44. The summed E-state index contributed by atoms with van der Waals surface area (Å²) in [5.74, 6) is -2.64. The number of nitrogens with one attached hydrogen (secondary N) is 2. The van der Waals surface area contributed by atoms with Gasteiger partial charge in [-0.25, -0.2) is 9.59 Å². The van der Waals surface area contributed by atoms with Crippen LogP contribution in [0.3, 0.4) is 0 Å². The highest BCUT2D eigenvalue weighted by Gasteiger charge is 2.52. The van der Waals surface area contributed by atoms with Crippen LogP contribution < -0.4 is 15.5 Å². The van der Waals surface area contributed by atoms with Crippen LogP contribution in [0.25, 0.3) is 0 Å². The van der Waals surface area contributed by atoms with Gasteiger partial charge in [-0.15, -0.1) is 0 Å². The number of carbonyl (C=O) groups is 4. The lowest BCUT2D eigenvalue weighted by atomic mass is 9.87. The van der Waals surface area contributed by atoms with Crippen LogP contribution in [0.4, 0.5) is 10.5 Å². The molecule has 2 N–H and O–H groups in total. The molecule has 0 saturated carbocycles. The molecular weight excluding hydrogens is 436 g/mol. The lowest BCUT2D eigenvalue weighted by Gasteiger charge is -2.25. The molecule has 172 valence electrons. The van der Waals surface area contributed by atoms with E-state index in [9.17, 15) is 29.3 Å². The van der Waals surface area contributed by atoms with E-state index in [4.69, 9.17) is 4.74 Å². The number of esters is 1. The van der Waals surface area contributed by atoms with Gasteiger partial charge in [0, 0.05) is 6.07 Å². The van der Waals surface area contributed by atoms with Crippen LogP contribution in [0.2, 0.25) is 0 Å². The molecule has 0 aliphatic carbocycles. The summed E-state index contributed by atoms with van der Waals surface area (Å²) in [6, 6.07) is 11.1. The molecule has 1 saturated heterocycles. The monoisotopic (exact) mass is 456 g/mol. The number of imide groups is 1. The molecule has 12 nitrogen and oxygen atoms in total. The maximum atomic E-state index is 13.0. The second kappa shape index (κ2) is 9.34. The van der Waals surface area contributed by atoms with Crippen molar-refractivity contribution < 1.29 is 33.6 Å². The van der Waals surface area contributed by atoms with Gasteiger partial charge in [-0.1, -0.05) is 37.3 Å². The van der Waals surface area contributed by atoms with Gasteiger partial charge in [0.15, 0.2) is 12.4 Å². The van der Waals surface area contributed by atoms with Gasteiger partial charge in [0.05, 0.1) is 17.6 Å². The van der Waals surface area contributed by atoms with E-state index >= 15 is 0 Å². The van der Waals surface area contributed by atoms with Crippen molar-refractivity contribution >= 4 is 29.5 Å². The van der Waals surface area contributed by atoms with Crippen molar-refractivity contribution in [2.75, 3.05) is 13.7 Å². The Balaban J connectivity index is 1.72. The van der Waals surface area contributed by atoms with Gasteiger partial charge in [-0.3, -0.25) is 25.1 Å². The van der Waals surface area contributed by atoms with Gasteiger partial charge in [-0.2, -0.15) is 5.01 Å². The molecule has 1 heterocycles. The second-order valence-electron chi connectivity index (χ2n) is 6.95. The zero-order valence-electron chi connectivity index (χ0n) is 17.7. The fourth-order valence-corrected chi connectivity index (χ4v) is 3.37. The lowest BCUT2D eigenvalue weighted by Crippen LogP contribution is -2.49. The molecule has 2 aromatic carbocycles. The second-order valence-corrected chi connectivity index (χ2v) is 6.95. The van der Waals surface area contributed by atoms with E-state index in [1.54, 1.807) is 37.3 Å². The van der Waals surface area contributed by atoms with Crippen LogP contribution in [0.1, 0.15) is 29.3 Å². The Morgan fingerprint density at radius 2 is 1.88 bits per heavy atom. The standard InChI is InChI=1S/C21H20N4O8/c1-3-21(14-7-5-4-6-8-14)19(28)24(20(29)22-21)23-17(26)12-33-16-10-9-13(18(27)32-2)11-15(16)25(30)31/h4-11H,3,12H2,1-2H3,(H,22,29)(H,23,26). The van der Waals surface area contributed by atoms with Crippen molar-refractivity contribution in [1.82, 2.24) is 15.8 Å². The largest absolute Gasteiger partial charge is 0.477 e. The van der Waals surface area contributed by atoms with Crippen molar-refractivity contribution in [3.8, 4) is 5.75 Å². The molecule has 1 fully saturated rings. The Bertz CT molecular complexity index is 1120. The van der Waals surface area contributed by atoms with Crippen LogP contribution in [-0.2, 0) is 19.9 Å². The van der Waals surface area contributed by atoms with Crippen LogP contribution in [0.15, 0.2) is 48.5 Å². The Hall–Kier alpha value is -4.48. The Kier molecular flexibility index (Phi) is 6.56. The van der Waals surface area contributed by atoms with Gasteiger partial charge in [0.1, 0.15) is 5.54 Å². The molecule has 0 spiro atoms. The predicted octanol–water partition coefficient (Wildman–Crippen LogP) is 1.65. The Morgan fingerprint density at radius 1 is 1.18 bits per heavy atom. The van der Waals surface area contributed by atoms with E-state index in [0.717, 1.165) is 19.2 Å². The number of hydrogen-bond acceptors (Lipinski definition) is 8. The first kappa shape index (κ1) is 23.2. The predicted molar refractivity (Wildman–Crippen MR) is 112 cm³/mol. The topological polar surface area (TPSA) is 157 Å². The zero-order chi connectivity index (χ0) is 24.2. The molecule has 3 rings (SSSR count). The zero-order valence-corrected chi connectivity index (χ0v) is 17.7. The van der Waals surface area contributed by atoms with Crippen molar-refractivity contribution in [1.29, 1.82) is 0 Å². The first-order valence-corrected chi connectivity index (χ1v) is 9.74. The number of ether oxygens (including phenoxy) is 2. The molecule has 4 amide bonds. The van der Waals surface area contributed by atoms with Crippen molar-refractivity contribution in [3.63, 3.8) is 0 Å². The number of urea groups is 1. The average molecular weight is 456 g/mol. The number of amides is 4. The maximum absolute atomic E-state index is 13.0. The van der Waals surface area contributed by atoms with Crippen molar-refractivity contribution in [2.45, 2.75) is 18.9 Å². The van der Waals surface area contributed by atoms with E-state index < -0.39 is 46.6 Å². The highest BCUT2D eigenvalue weighted by Crippen LogP contribution is 2.32. The third-order valence-electron chi connectivity index (χ3n) is 5.06. The van der Waals surface area contributed by atoms with Crippen molar-refractivity contribution in [3.05, 3.63) is 69.8 Å². The van der Waals surface area contributed by atoms with E-state index in [2.05, 4.69) is 15.5 Å². The van der Waals surface area contributed by atoms with Gasteiger partial charge >= 0.3 is 17.7 Å². The summed E-state index contributed by atoms with van der Waals surface area (Å²) in [6.07, 6.45) is 0.239. The number of hydrogen-bond donors (Lipinski definition) is 2. The first-order valence-electron chi connectivity index (χ1n) is 9.74. The minimum Gasteiger partial charge on any atom is -0.477 e. The van der Waals surface area contributed by atoms with Gasteiger partial charge in [0.25, 0.3) is 11.8 Å². The number of rotatable bonds is 8. The molecule has 2 aromatic rings. The summed E-state index contributed by atoms with van der Waals surface area (Å²) < 4.78 is 9.72. The molecule has 0 bridgehead atoms. The lowest BCUT2D eigenvalue weighted by molar-refractivity contribution is -0.385. The summed E-state index contributed by atoms with van der Waals surface area (Å²) in [7, 11) is 1.13. The molecule has 0 aromatic heterocycles. The molecule has 1 aliphatic heterocycles. The number of benzene rings is 2. The number of nitro benzene ring substituents is 1. The maximum Gasteiger partial charge on any atom is 0.344 e. The molecule has 33 heavy (non-hydrogen) atoms. The van der Waals surface area contributed by atoms with E-state index in [0.29, 0.717) is 10.6 Å². The fourth-order valence-electron chi connectivity index (χ4n) is 3.37. The van der Waals surface area contributed by atoms with Crippen molar-refractivity contribution in [2.24, 2.45) is 0 Å². The summed E-state index contributed by atoms with van der Waals surface area (Å²) >= 11 is 0. The molecule has 1 aliphatic rings. The average Bonchev–Trinajstić information content (AvgIpc) is 3.07. The van der Waals surface area contributed by atoms with Gasteiger partial charge in [0.2, 0.25) is 0 Å². The fraction of sp³-hybridized carbons (Fsp3) is 0.238. The van der Waals surface area contributed by atoms with E-state index in [-0.39, 0.29) is 17.7 Å². The van der Waals surface area contributed by atoms with Gasteiger partial charge < -0.3 is 14.8 Å². The quantitative estimate of drug-likeness (QED) is 0.263. The molecular formula is C21H20N4O8. The number of nitro groups is 1. The summed E-state index contributed by atoms with van der Waals surface area (Å²) in [5.41, 5.74) is 0.744. The van der Waals surface area contributed by atoms with Gasteiger partial charge in [-0.05, 0) is 24.1 Å². The summed E-state index contributed by atoms with van der Waals surface area (Å²) in [4.78, 5) is 59.9. The SMILES string of the molecule is CCC1(c2ccccc2)NC(=O)N(NC(=O)COc2ccc(C(=O)OC)cc2[N+](=O)[O-])C1=O. The van der Waals surface area contributed by atoms with Crippen LogP contribution in [0.5, 0.6) is 5.75 Å². The molecule has 1 atom stereocenters. The summed E-state index contributed by atoms with van der Waals surface area (Å²) in [6.45, 7) is 0.983. The first-order chi connectivity index (χ1) is 15.7. The third-order valence-corrected chi connectivity index (χ3v) is 5.06.